The second-order valence-corrected chi connectivity index (χ2v) is 4.36. The van der Waals surface area contributed by atoms with E-state index in [4.69, 9.17) is 0 Å². The molecule has 1 aromatic carbocycles. The van der Waals surface area contributed by atoms with E-state index in [2.05, 4.69) is 56.4 Å². The highest BCUT2D eigenvalue weighted by molar-refractivity contribution is 6.13. The van der Waals surface area contributed by atoms with Gasteiger partial charge in [0.25, 0.3) is 0 Å². The lowest BCUT2D eigenvalue weighted by Gasteiger charge is -2.29. The Hall–Kier alpha value is -0.876. The normalized spacial score (nSPS) is 11.9. The fourth-order valence-corrected chi connectivity index (χ4v) is 2.18. The molecule has 4 heteroatoms. The maximum absolute atomic E-state index is 4.51. The summed E-state index contributed by atoms with van der Waals surface area (Å²) in [7, 11) is 6.98. The van der Waals surface area contributed by atoms with Crippen molar-refractivity contribution in [2.75, 3.05) is 12.3 Å². The number of aliphatic imine (C=N–C) groups is 1. The molecule has 1 rings (SSSR count). The number of hydrogen-bond acceptors (Lipinski definition) is 1. The molecule has 6 radical (unpaired) electrons. The maximum atomic E-state index is 4.51. The molecule has 0 atom stereocenters. The summed E-state index contributed by atoms with van der Waals surface area (Å²) in [5, 5.41) is 0. The van der Waals surface area contributed by atoms with Gasteiger partial charge in [-0.05, 0) is 13.8 Å². The fraction of sp³-hybridized carbons (Fsp3) is 0.417. The van der Waals surface area contributed by atoms with Crippen LogP contribution in [0.1, 0.15) is 19.4 Å². The summed E-state index contributed by atoms with van der Waals surface area (Å²) in [4.78, 5) is 6.73. The summed E-state index contributed by atoms with van der Waals surface area (Å²) >= 11 is 0. The van der Waals surface area contributed by atoms with Gasteiger partial charge in [0, 0.05) is 23.9 Å². The Balaban J connectivity index is 3.05. The molecule has 0 bridgehead atoms. The van der Waals surface area contributed by atoms with Crippen molar-refractivity contribution in [3.63, 3.8) is 0 Å². The first-order valence-electron chi connectivity index (χ1n) is 5.36. The third-order valence-corrected chi connectivity index (χ3v) is 2.83. The van der Waals surface area contributed by atoms with Crippen LogP contribution in [-0.4, -0.2) is 49.6 Å². The maximum Gasteiger partial charge on any atom is 0.130 e. The van der Waals surface area contributed by atoms with Crippen LogP contribution in [0.4, 0.5) is 0 Å². The highest BCUT2D eigenvalue weighted by Crippen LogP contribution is 2.08. The Morgan fingerprint density at radius 3 is 2.31 bits per heavy atom. The third-order valence-electron chi connectivity index (χ3n) is 2.33. The molecule has 0 aliphatic carbocycles. The van der Waals surface area contributed by atoms with Crippen LogP contribution >= 0.6 is 0 Å². The zero-order chi connectivity index (χ0) is 12.0. The molecule has 1 aromatic rings. The first-order valence-corrected chi connectivity index (χ1v) is 6.77. The molecule has 16 heavy (non-hydrogen) atoms. The molecule has 0 unspecified atom stereocenters. The SMILES string of the molecule is CC(C)N(C[Si])/C(=N\C[Si])c1ccccc1. The molecule has 2 nitrogen and oxygen atoms in total. The van der Waals surface area contributed by atoms with Gasteiger partial charge in [0.1, 0.15) is 5.84 Å². The predicted molar refractivity (Wildman–Crippen MR) is 71.2 cm³/mol. The minimum atomic E-state index is 0.412. The summed E-state index contributed by atoms with van der Waals surface area (Å²) in [6.07, 6.45) is 1.39. The summed E-state index contributed by atoms with van der Waals surface area (Å²) in [5.41, 5.74) is 1.15. The van der Waals surface area contributed by atoms with Gasteiger partial charge >= 0.3 is 0 Å². The molecule has 82 valence electrons. The fourth-order valence-electron chi connectivity index (χ4n) is 1.51. The molecule has 0 saturated carbocycles. The van der Waals surface area contributed by atoms with Crippen LogP contribution in [0.5, 0.6) is 0 Å². The van der Waals surface area contributed by atoms with E-state index in [0.29, 0.717) is 12.2 Å². The van der Waals surface area contributed by atoms with Crippen LogP contribution in [0.2, 0.25) is 0 Å². The van der Waals surface area contributed by atoms with E-state index in [-0.39, 0.29) is 0 Å². The van der Waals surface area contributed by atoms with E-state index < -0.39 is 0 Å². The molecule has 0 spiro atoms. The molecule has 0 saturated heterocycles. The molecule has 0 amide bonds. The van der Waals surface area contributed by atoms with E-state index in [0.717, 1.165) is 17.6 Å². The monoisotopic (exact) mass is 244 g/mol. The van der Waals surface area contributed by atoms with E-state index in [1.165, 1.54) is 0 Å². The van der Waals surface area contributed by atoms with Crippen LogP contribution in [0.3, 0.4) is 0 Å². The van der Waals surface area contributed by atoms with Gasteiger partial charge in [-0.3, -0.25) is 4.99 Å². The average Bonchev–Trinajstić information content (AvgIpc) is 2.29. The summed E-state index contributed by atoms with van der Waals surface area (Å²) in [6.45, 7) is 4.32. The highest BCUT2D eigenvalue weighted by atomic mass is 28.1. The van der Waals surface area contributed by atoms with E-state index >= 15 is 0 Å². The van der Waals surface area contributed by atoms with Crippen LogP contribution < -0.4 is 0 Å². The van der Waals surface area contributed by atoms with Crippen molar-refractivity contribution >= 4 is 26.3 Å². The lowest BCUT2D eigenvalue weighted by molar-refractivity contribution is 0.399. The first kappa shape index (κ1) is 13.2. The minimum Gasteiger partial charge on any atom is -0.358 e. The number of hydrogen-bond donors (Lipinski definition) is 0. The lowest BCUT2D eigenvalue weighted by Crippen LogP contribution is -2.38. The number of rotatable bonds is 4. The Labute approximate surface area is 105 Å². The Kier molecular flexibility index (Phi) is 5.48. The van der Waals surface area contributed by atoms with Crippen LogP contribution in [0.25, 0.3) is 0 Å². The zero-order valence-electron chi connectivity index (χ0n) is 9.77. The van der Waals surface area contributed by atoms with Crippen molar-refractivity contribution in [3.8, 4) is 0 Å². The predicted octanol–water partition coefficient (Wildman–Crippen LogP) is 1.40. The van der Waals surface area contributed by atoms with Crippen molar-refractivity contribution in [2.45, 2.75) is 19.9 Å². The molecule has 0 aliphatic rings. The summed E-state index contributed by atoms with van der Waals surface area (Å²) in [5.74, 6) is 1.01. The second kappa shape index (κ2) is 6.65. The molecular formula is C12H16N2Si2. The number of benzene rings is 1. The highest BCUT2D eigenvalue weighted by Gasteiger charge is 2.13. The van der Waals surface area contributed by atoms with Gasteiger partial charge < -0.3 is 4.90 Å². The largest absolute Gasteiger partial charge is 0.358 e. The second-order valence-electron chi connectivity index (χ2n) is 3.73. The van der Waals surface area contributed by atoms with Crippen LogP contribution in [0, 0.1) is 0 Å². The molecule has 0 aromatic heterocycles. The third kappa shape index (κ3) is 3.31. The Morgan fingerprint density at radius 1 is 1.25 bits per heavy atom. The van der Waals surface area contributed by atoms with Gasteiger partial charge in [-0.25, -0.2) is 0 Å². The van der Waals surface area contributed by atoms with Gasteiger partial charge in [0.05, 0.1) is 20.5 Å². The topological polar surface area (TPSA) is 15.6 Å². The van der Waals surface area contributed by atoms with Crippen LogP contribution in [-0.2, 0) is 0 Å². The minimum absolute atomic E-state index is 0.412. The Bertz CT molecular complexity index is 336. The van der Waals surface area contributed by atoms with Crippen molar-refractivity contribution in [3.05, 3.63) is 35.9 Å². The summed E-state index contributed by atoms with van der Waals surface area (Å²) in [6, 6.07) is 10.7. The standard InChI is InChI=1S/C12H16N2Si2/c1-10(2)14(9-16)12(13-8-15)11-6-4-3-5-7-11/h3-7,10H,8-9H2,1-2H3/b13-12-. The Morgan fingerprint density at radius 2 is 1.88 bits per heavy atom. The van der Waals surface area contributed by atoms with Gasteiger partial charge in [-0.15, -0.1) is 0 Å². The number of amidine groups is 1. The van der Waals surface area contributed by atoms with Gasteiger partial charge in [-0.2, -0.15) is 0 Å². The van der Waals surface area contributed by atoms with E-state index in [1.54, 1.807) is 0 Å². The molecule has 0 fully saturated rings. The van der Waals surface area contributed by atoms with Gasteiger partial charge in [-0.1, -0.05) is 30.3 Å². The first-order chi connectivity index (χ1) is 7.70. The zero-order valence-corrected chi connectivity index (χ0v) is 11.8. The van der Waals surface area contributed by atoms with Crippen molar-refractivity contribution in [1.29, 1.82) is 0 Å². The lowest BCUT2D eigenvalue weighted by atomic mass is 10.2. The number of nitrogens with zero attached hydrogens (tertiary/aromatic N) is 2. The van der Waals surface area contributed by atoms with Crippen molar-refractivity contribution in [1.82, 2.24) is 4.90 Å². The molecule has 0 aliphatic heterocycles. The van der Waals surface area contributed by atoms with Crippen LogP contribution in [0.15, 0.2) is 35.3 Å². The smallest absolute Gasteiger partial charge is 0.130 e. The summed E-state index contributed by atoms with van der Waals surface area (Å²) < 4.78 is 0. The van der Waals surface area contributed by atoms with E-state index in [9.17, 15) is 0 Å². The van der Waals surface area contributed by atoms with Gasteiger partial charge in [0.2, 0.25) is 0 Å². The molecule has 0 N–H and O–H groups in total. The van der Waals surface area contributed by atoms with Gasteiger partial charge in [0.15, 0.2) is 0 Å². The quantitative estimate of drug-likeness (QED) is 0.444. The van der Waals surface area contributed by atoms with Crippen molar-refractivity contribution in [2.24, 2.45) is 4.99 Å². The molecule has 0 heterocycles. The molecular weight excluding hydrogens is 228 g/mol. The van der Waals surface area contributed by atoms with Crippen molar-refractivity contribution < 1.29 is 0 Å². The van der Waals surface area contributed by atoms with E-state index in [1.807, 2.05) is 18.2 Å². The average molecular weight is 244 g/mol.